The van der Waals surface area contributed by atoms with E-state index in [4.69, 9.17) is 4.98 Å². The van der Waals surface area contributed by atoms with Crippen molar-refractivity contribution < 1.29 is 9.90 Å². The predicted molar refractivity (Wildman–Crippen MR) is 130 cm³/mol. The third kappa shape index (κ3) is 3.75. The van der Waals surface area contributed by atoms with Gasteiger partial charge in [-0.2, -0.15) is 0 Å². The molecule has 0 aliphatic carbocycles. The topological polar surface area (TPSA) is 120 Å². The molecule has 0 unspecified atom stereocenters. The number of hydrogen-bond donors (Lipinski definition) is 1. The van der Waals surface area contributed by atoms with Gasteiger partial charge in [0.25, 0.3) is 5.56 Å². The van der Waals surface area contributed by atoms with Crippen molar-refractivity contribution in [3.63, 3.8) is 0 Å². The first-order valence-electron chi connectivity index (χ1n) is 11.7. The van der Waals surface area contributed by atoms with E-state index in [-0.39, 0.29) is 31.1 Å². The van der Waals surface area contributed by atoms with Gasteiger partial charge in [-0.3, -0.25) is 18.7 Å². The zero-order valence-corrected chi connectivity index (χ0v) is 20.2. The Morgan fingerprint density at radius 2 is 1.89 bits per heavy atom. The van der Waals surface area contributed by atoms with Gasteiger partial charge in [-0.05, 0) is 18.1 Å². The number of imidazole rings is 2. The maximum absolute atomic E-state index is 13.4. The minimum absolute atomic E-state index is 0.117. The van der Waals surface area contributed by atoms with Crippen LogP contribution < -0.4 is 11.2 Å². The molecule has 2 atom stereocenters. The Hall–Kier alpha value is -3.73. The number of aliphatic hydroxyl groups is 1. The number of amides is 1. The van der Waals surface area contributed by atoms with Gasteiger partial charge in [0, 0.05) is 33.6 Å². The van der Waals surface area contributed by atoms with E-state index in [1.165, 1.54) is 17.9 Å². The van der Waals surface area contributed by atoms with E-state index in [1.54, 1.807) is 16.5 Å². The maximum Gasteiger partial charge on any atom is 0.332 e. The van der Waals surface area contributed by atoms with E-state index in [9.17, 15) is 19.5 Å². The van der Waals surface area contributed by atoms with Crippen molar-refractivity contribution in [1.29, 1.82) is 0 Å². The van der Waals surface area contributed by atoms with Crippen molar-refractivity contribution in [1.82, 2.24) is 33.1 Å². The number of aryl methyl sites for hydroxylation is 1. The third-order valence-electron chi connectivity index (χ3n) is 6.75. The summed E-state index contributed by atoms with van der Waals surface area (Å²) < 4.78 is 5.94. The van der Waals surface area contributed by atoms with Gasteiger partial charge >= 0.3 is 5.69 Å². The molecule has 4 heterocycles. The standard InChI is InChI=1S/C24H29N7O4/c1-14(2)9-19-26-15-7-5-6-8-16(15)30(19)12-20(33)29-10-17(18(32)11-29)31-13-25-21-22(31)27(3)24(35)28(4)23(21)34/h5-8,13-14,17-18,32H,9-12H2,1-4H3/t17-,18-/m0/s1. The minimum atomic E-state index is -0.870. The molecular weight excluding hydrogens is 450 g/mol. The van der Waals surface area contributed by atoms with Crippen molar-refractivity contribution in [2.24, 2.45) is 20.0 Å². The molecule has 3 aromatic heterocycles. The summed E-state index contributed by atoms with van der Waals surface area (Å²) in [5.74, 6) is 1.11. The number of rotatable bonds is 5. The highest BCUT2D eigenvalue weighted by Crippen LogP contribution is 2.26. The molecule has 1 aliphatic rings. The summed E-state index contributed by atoms with van der Waals surface area (Å²) in [7, 11) is 2.97. The maximum atomic E-state index is 13.4. The lowest BCUT2D eigenvalue weighted by Gasteiger charge is -2.19. The lowest BCUT2D eigenvalue weighted by atomic mass is 10.1. The zero-order valence-electron chi connectivity index (χ0n) is 20.2. The number of benzene rings is 1. The van der Waals surface area contributed by atoms with Crippen LogP contribution in [0.1, 0.15) is 25.7 Å². The van der Waals surface area contributed by atoms with Crippen molar-refractivity contribution in [3.05, 3.63) is 57.3 Å². The molecule has 1 fully saturated rings. The highest BCUT2D eigenvalue weighted by atomic mass is 16.3. The van der Waals surface area contributed by atoms with E-state index in [0.29, 0.717) is 11.6 Å². The number of hydrogen-bond acceptors (Lipinski definition) is 6. The fraction of sp³-hybridized carbons (Fsp3) is 0.458. The van der Waals surface area contributed by atoms with Crippen molar-refractivity contribution in [3.8, 4) is 0 Å². The number of carbonyl (C=O) groups excluding carboxylic acids is 1. The molecule has 0 spiro atoms. The average molecular weight is 480 g/mol. The Morgan fingerprint density at radius 1 is 1.14 bits per heavy atom. The second-order valence-corrected chi connectivity index (χ2v) is 9.66. The highest BCUT2D eigenvalue weighted by Gasteiger charge is 2.37. The Balaban J connectivity index is 1.45. The molecule has 4 aromatic rings. The van der Waals surface area contributed by atoms with E-state index in [0.717, 1.165) is 27.8 Å². The van der Waals surface area contributed by atoms with Crippen LogP contribution in [-0.2, 0) is 31.9 Å². The van der Waals surface area contributed by atoms with Crippen LogP contribution in [0.25, 0.3) is 22.2 Å². The van der Waals surface area contributed by atoms with Gasteiger partial charge in [-0.15, -0.1) is 0 Å². The highest BCUT2D eigenvalue weighted by molar-refractivity contribution is 5.81. The fourth-order valence-corrected chi connectivity index (χ4v) is 4.95. The number of β-amino-alcohol motifs (C(OH)–C–C–N with tert-alkyl or cyclic N) is 1. The van der Waals surface area contributed by atoms with Crippen LogP contribution >= 0.6 is 0 Å². The Kier molecular flexibility index (Phi) is 5.59. The minimum Gasteiger partial charge on any atom is -0.389 e. The molecule has 11 nitrogen and oxygen atoms in total. The summed E-state index contributed by atoms with van der Waals surface area (Å²) >= 11 is 0. The molecule has 0 bridgehead atoms. The molecule has 1 amide bonds. The van der Waals surface area contributed by atoms with E-state index < -0.39 is 23.4 Å². The van der Waals surface area contributed by atoms with Gasteiger partial charge in [-0.25, -0.2) is 14.8 Å². The lowest BCUT2D eigenvalue weighted by Crippen LogP contribution is -2.38. The van der Waals surface area contributed by atoms with Crippen LogP contribution in [-0.4, -0.2) is 63.3 Å². The van der Waals surface area contributed by atoms with Gasteiger partial charge in [0.05, 0.1) is 29.5 Å². The molecule has 1 saturated heterocycles. The van der Waals surface area contributed by atoms with Gasteiger partial charge in [0.2, 0.25) is 5.91 Å². The smallest absolute Gasteiger partial charge is 0.332 e. The second kappa shape index (κ2) is 8.49. The molecule has 1 N–H and O–H groups in total. The molecule has 35 heavy (non-hydrogen) atoms. The average Bonchev–Trinajstić information content (AvgIpc) is 3.51. The molecule has 1 aliphatic heterocycles. The van der Waals surface area contributed by atoms with E-state index in [2.05, 4.69) is 18.8 Å². The summed E-state index contributed by atoms with van der Waals surface area (Å²) in [5, 5.41) is 10.9. The summed E-state index contributed by atoms with van der Waals surface area (Å²) in [6.45, 7) is 4.73. The summed E-state index contributed by atoms with van der Waals surface area (Å²) in [6, 6.07) is 7.22. The Labute approximate surface area is 200 Å². The molecule has 1 aromatic carbocycles. The molecule has 5 rings (SSSR count). The van der Waals surface area contributed by atoms with Gasteiger partial charge in [-0.1, -0.05) is 26.0 Å². The number of aliphatic hydroxyl groups excluding tert-OH is 1. The number of nitrogens with zero attached hydrogens (tertiary/aromatic N) is 7. The van der Waals surface area contributed by atoms with E-state index in [1.807, 2.05) is 28.8 Å². The number of para-hydroxylation sites is 2. The van der Waals surface area contributed by atoms with Crippen LogP contribution in [0, 0.1) is 5.92 Å². The van der Waals surface area contributed by atoms with E-state index >= 15 is 0 Å². The van der Waals surface area contributed by atoms with Crippen LogP contribution in [0.3, 0.4) is 0 Å². The Morgan fingerprint density at radius 3 is 2.63 bits per heavy atom. The SMILES string of the molecule is CC(C)Cc1nc2ccccc2n1CC(=O)N1C[C@H](O)[C@@H](n2cnc3c(=O)n(C)c(=O)n(C)c32)C1. The zero-order chi connectivity index (χ0) is 25.0. The molecule has 11 heteroatoms. The predicted octanol–water partition coefficient (Wildman–Crippen LogP) is 0.426. The first-order valence-corrected chi connectivity index (χ1v) is 11.7. The normalized spacial score (nSPS) is 18.4. The van der Waals surface area contributed by atoms with Crippen LogP contribution in [0.15, 0.2) is 40.2 Å². The lowest BCUT2D eigenvalue weighted by molar-refractivity contribution is -0.131. The summed E-state index contributed by atoms with van der Waals surface area (Å²) in [6.07, 6.45) is 1.33. The van der Waals surface area contributed by atoms with Crippen molar-refractivity contribution in [2.45, 2.75) is 39.0 Å². The quantitative estimate of drug-likeness (QED) is 0.443. The van der Waals surface area contributed by atoms with Gasteiger partial charge < -0.3 is 19.1 Å². The van der Waals surface area contributed by atoms with Crippen molar-refractivity contribution >= 4 is 28.1 Å². The number of carbonyl (C=O) groups is 1. The summed E-state index contributed by atoms with van der Waals surface area (Å²) in [5.41, 5.74) is 1.26. The monoisotopic (exact) mass is 479 g/mol. The fourth-order valence-electron chi connectivity index (χ4n) is 4.95. The van der Waals surface area contributed by atoms with Crippen LogP contribution in [0.5, 0.6) is 0 Å². The van der Waals surface area contributed by atoms with Gasteiger partial charge in [0.15, 0.2) is 5.52 Å². The molecule has 0 saturated carbocycles. The Bertz CT molecular complexity index is 1560. The van der Waals surface area contributed by atoms with Crippen LogP contribution in [0.4, 0.5) is 0 Å². The first kappa shape index (κ1) is 23.0. The largest absolute Gasteiger partial charge is 0.389 e. The van der Waals surface area contributed by atoms with Gasteiger partial charge in [0.1, 0.15) is 18.0 Å². The first-order chi connectivity index (χ1) is 16.7. The third-order valence-corrected chi connectivity index (χ3v) is 6.75. The molecule has 184 valence electrons. The number of likely N-dealkylation sites (tertiary alicyclic amines) is 1. The molecular formula is C24H29N7O4. The second-order valence-electron chi connectivity index (χ2n) is 9.66. The number of fused-ring (bicyclic) bond motifs is 2. The van der Waals surface area contributed by atoms with Crippen molar-refractivity contribution in [2.75, 3.05) is 13.1 Å². The van der Waals surface area contributed by atoms with Crippen LogP contribution in [0.2, 0.25) is 0 Å². The summed E-state index contributed by atoms with van der Waals surface area (Å²) in [4.78, 5) is 48.9. The number of aromatic nitrogens is 6. The molecule has 0 radical (unpaired) electrons.